The second kappa shape index (κ2) is 8.85. The summed E-state index contributed by atoms with van der Waals surface area (Å²) in [6.07, 6.45) is -0.0963. The van der Waals surface area contributed by atoms with Gasteiger partial charge in [0.15, 0.2) is 0 Å². The van der Waals surface area contributed by atoms with E-state index in [2.05, 4.69) is 35.0 Å². The van der Waals surface area contributed by atoms with Crippen LogP contribution in [0.1, 0.15) is 25.8 Å². The molecule has 6 nitrogen and oxygen atoms in total. The summed E-state index contributed by atoms with van der Waals surface area (Å²) in [6, 6.07) is 6.00. The van der Waals surface area contributed by atoms with Gasteiger partial charge < -0.3 is 20.0 Å². The molecule has 138 valence electrons. The number of aryl methyl sites for hydroxylation is 1. The SMILES string of the molecule is CCN(CC)c1ccc(NC(=O)CC(=O)N2CCN(C)CC2)c(C)c1. The van der Waals surface area contributed by atoms with Crippen LogP contribution < -0.4 is 10.2 Å². The molecule has 1 N–H and O–H groups in total. The van der Waals surface area contributed by atoms with Crippen molar-refractivity contribution in [1.29, 1.82) is 0 Å². The summed E-state index contributed by atoms with van der Waals surface area (Å²) in [6.45, 7) is 11.2. The van der Waals surface area contributed by atoms with E-state index in [1.165, 1.54) is 0 Å². The number of hydrogen-bond donors (Lipinski definition) is 1. The Kier molecular flexibility index (Phi) is 6.82. The minimum atomic E-state index is -0.248. The topological polar surface area (TPSA) is 55.9 Å². The molecule has 0 unspecified atom stereocenters. The normalized spacial score (nSPS) is 15.1. The number of carbonyl (C=O) groups excluding carboxylic acids is 2. The van der Waals surface area contributed by atoms with Crippen LogP contribution in [-0.2, 0) is 9.59 Å². The highest BCUT2D eigenvalue weighted by Crippen LogP contribution is 2.22. The quantitative estimate of drug-likeness (QED) is 0.800. The number of amides is 2. The molecule has 1 aliphatic heterocycles. The van der Waals surface area contributed by atoms with Crippen LogP contribution in [0.2, 0.25) is 0 Å². The Labute approximate surface area is 150 Å². The minimum absolute atomic E-state index is 0.0944. The number of likely N-dealkylation sites (N-methyl/N-ethyl adjacent to an activating group) is 1. The lowest BCUT2D eigenvalue weighted by molar-refractivity contribution is -0.135. The molecule has 1 aliphatic rings. The van der Waals surface area contributed by atoms with E-state index >= 15 is 0 Å². The van der Waals surface area contributed by atoms with E-state index in [4.69, 9.17) is 0 Å². The summed E-state index contributed by atoms with van der Waals surface area (Å²) in [5.74, 6) is -0.342. The van der Waals surface area contributed by atoms with E-state index in [1.54, 1.807) is 4.90 Å². The standard InChI is InChI=1S/C19H30N4O2/c1-5-22(6-2)16-7-8-17(15(3)13-16)20-18(24)14-19(25)23-11-9-21(4)10-12-23/h7-8,13H,5-6,9-12,14H2,1-4H3,(H,20,24). The van der Waals surface area contributed by atoms with Gasteiger partial charge in [0, 0.05) is 50.6 Å². The molecule has 0 saturated carbocycles. The molecule has 6 heteroatoms. The van der Waals surface area contributed by atoms with Gasteiger partial charge >= 0.3 is 0 Å². The molecular weight excluding hydrogens is 316 g/mol. The van der Waals surface area contributed by atoms with Crippen LogP contribution in [0.5, 0.6) is 0 Å². The largest absolute Gasteiger partial charge is 0.372 e. The second-order valence-electron chi connectivity index (χ2n) is 6.58. The van der Waals surface area contributed by atoms with Crippen LogP contribution >= 0.6 is 0 Å². The lowest BCUT2D eigenvalue weighted by atomic mass is 10.1. The molecule has 1 aromatic rings. The van der Waals surface area contributed by atoms with Crippen molar-refractivity contribution in [3.05, 3.63) is 23.8 Å². The van der Waals surface area contributed by atoms with E-state index in [9.17, 15) is 9.59 Å². The highest BCUT2D eigenvalue weighted by atomic mass is 16.2. The molecule has 0 bridgehead atoms. The van der Waals surface area contributed by atoms with Gasteiger partial charge in [0.25, 0.3) is 0 Å². The third kappa shape index (κ3) is 5.19. The molecule has 1 aromatic carbocycles. The zero-order chi connectivity index (χ0) is 18.4. The number of nitrogens with zero attached hydrogens (tertiary/aromatic N) is 3. The first-order valence-corrected chi connectivity index (χ1v) is 9.06. The molecule has 2 amide bonds. The van der Waals surface area contributed by atoms with Crippen LogP contribution in [0.25, 0.3) is 0 Å². The minimum Gasteiger partial charge on any atom is -0.372 e. The molecule has 0 atom stereocenters. The van der Waals surface area contributed by atoms with Crippen LogP contribution in [0, 0.1) is 6.92 Å². The zero-order valence-electron chi connectivity index (χ0n) is 15.8. The monoisotopic (exact) mass is 346 g/mol. The number of benzene rings is 1. The van der Waals surface area contributed by atoms with Crippen molar-refractivity contribution >= 4 is 23.2 Å². The van der Waals surface area contributed by atoms with Gasteiger partial charge in [-0.15, -0.1) is 0 Å². The molecule has 0 spiro atoms. The predicted octanol–water partition coefficient (Wildman–Crippen LogP) is 1.94. The Morgan fingerprint density at radius 2 is 1.76 bits per heavy atom. The van der Waals surface area contributed by atoms with E-state index in [0.29, 0.717) is 13.1 Å². The molecular formula is C19H30N4O2. The summed E-state index contributed by atoms with van der Waals surface area (Å²) in [4.78, 5) is 30.7. The van der Waals surface area contributed by atoms with Gasteiger partial charge in [-0.3, -0.25) is 9.59 Å². The predicted molar refractivity (Wildman–Crippen MR) is 102 cm³/mol. The molecule has 25 heavy (non-hydrogen) atoms. The van der Waals surface area contributed by atoms with E-state index in [-0.39, 0.29) is 18.2 Å². The number of anilines is 2. The number of nitrogens with one attached hydrogen (secondary N) is 1. The number of hydrogen-bond acceptors (Lipinski definition) is 4. The lowest BCUT2D eigenvalue weighted by Crippen LogP contribution is -2.47. The van der Waals surface area contributed by atoms with Crippen molar-refractivity contribution in [3.63, 3.8) is 0 Å². The Balaban J connectivity index is 1.93. The van der Waals surface area contributed by atoms with E-state index in [0.717, 1.165) is 43.1 Å². The summed E-state index contributed by atoms with van der Waals surface area (Å²) >= 11 is 0. The highest BCUT2D eigenvalue weighted by Gasteiger charge is 2.21. The van der Waals surface area contributed by atoms with Crippen LogP contribution in [-0.4, -0.2) is 67.9 Å². The Morgan fingerprint density at radius 1 is 1.12 bits per heavy atom. The van der Waals surface area contributed by atoms with Crippen molar-refractivity contribution in [1.82, 2.24) is 9.80 Å². The van der Waals surface area contributed by atoms with Crippen LogP contribution in [0.15, 0.2) is 18.2 Å². The highest BCUT2D eigenvalue weighted by molar-refractivity contribution is 6.04. The van der Waals surface area contributed by atoms with Gasteiger partial charge in [-0.05, 0) is 51.6 Å². The van der Waals surface area contributed by atoms with Gasteiger partial charge in [0.1, 0.15) is 6.42 Å². The first kappa shape index (κ1) is 19.2. The van der Waals surface area contributed by atoms with Gasteiger partial charge in [0.2, 0.25) is 11.8 Å². The smallest absolute Gasteiger partial charge is 0.233 e. The Morgan fingerprint density at radius 3 is 2.32 bits per heavy atom. The van der Waals surface area contributed by atoms with Crippen molar-refractivity contribution in [2.75, 3.05) is 56.5 Å². The molecule has 0 aromatic heterocycles. The van der Waals surface area contributed by atoms with E-state index in [1.807, 2.05) is 26.1 Å². The maximum absolute atomic E-state index is 12.3. The summed E-state index contributed by atoms with van der Waals surface area (Å²) < 4.78 is 0. The van der Waals surface area contributed by atoms with Crippen LogP contribution in [0.4, 0.5) is 11.4 Å². The third-order valence-electron chi connectivity index (χ3n) is 4.78. The first-order valence-electron chi connectivity index (χ1n) is 9.06. The number of rotatable bonds is 6. The summed E-state index contributed by atoms with van der Waals surface area (Å²) in [7, 11) is 2.04. The average Bonchev–Trinajstić information content (AvgIpc) is 2.58. The fraction of sp³-hybridized carbons (Fsp3) is 0.579. The lowest BCUT2D eigenvalue weighted by Gasteiger charge is -2.32. The number of piperazine rings is 1. The summed E-state index contributed by atoms with van der Waals surface area (Å²) in [5.41, 5.74) is 2.92. The van der Waals surface area contributed by atoms with Gasteiger partial charge in [-0.1, -0.05) is 0 Å². The fourth-order valence-electron chi connectivity index (χ4n) is 3.07. The fourth-order valence-corrected chi connectivity index (χ4v) is 3.07. The van der Waals surface area contributed by atoms with E-state index < -0.39 is 0 Å². The van der Waals surface area contributed by atoms with Gasteiger partial charge in [-0.2, -0.15) is 0 Å². The van der Waals surface area contributed by atoms with Crippen molar-refractivity contribution < 1.29 is 9.59 Å². The first-order chi connectivity index (χ1) is 11.9. The van der Waals surface area contributed by atoms with Crippen molar-refractivity contribution in [2.24, 2.45) is 0 Å². The molecule has 1 fully saturated rings. The molecule has 0 radical (unpaired) electrons. The van der Waals surface area contributed by atoms with Gasteiger partial charge in [0.05, 0.1) is 0 Å². The Bertz CT molecular complexity index is 605. The van der Waals surface area contributed by atoms with Crippen molar-refractivity contribution in [2.45, 2.75) is 27.2 Å². The molecule has 2 rings (SSSR count). The zero-order valence-corrected chi connectivity index (χ0v) is 15.8. The number of carbonyl (C=O) groups is 2. The second-order valence-corrected chi connectivity index (χ2v) is 6.58. The average molecular weight is 346 g/mol. The Hall–Kier alpha value is -2.08. The maximum atomic E-state index is 12.3. The van der Waals surface area contributed by atoms with Crippen LogP contribution in [0.3, 0.4) is 0 Å². The third-order valence-corrected chi connectivity index (χ3v) is 4.78. The van der Waals surface area contributed by atoms with Crippen molar-refractivity contribution in [3.8, 4) is 0 Å². The molecule has 1 saturated heterocycles. The molecule has 0 aliphatic carbocycles. The maximum Gasteiger partial charge on any atom is 0.233 e. The van der Waals surface area contributed by atoms with Gasteiger partial charge in [-0.25, -0.2) is 0 Å². The summed E-state index contributed by atoms with van der Waals surface area (Å²) in [5, 5.41) is 2.88. The molecule has 1 heterocycles.